The number of fused-ring (bicyclic) bond motifs is 1. The number of carbonyl (C=O) groups excluding carboxylic acids is 1. The summed E-state index contributed by atoms with van der Waals surface area (Å²) in [6, 6.07) is 6.16. The predicted molar refractivity (Wildman–Crippen MR) is 128 cm³/mol. The Morgan fingerprint density at radius 1 is 1.24 bits per heavy atom. The van der Waals surface area contributed by atoms with Crippen molar-refractivity contribution in [2.75, 3.05) is 17.2 Å². The highest BCUT2D eigenvalue weighted by Crippen LogP contribution is 2.44. The van der Waals surface area contributed by atoms with E-state index < -0.39 is 17.7 Å². The molecule has 14 heteroatoms. The van der Waals surface area contributed by atoms with E-state index in [0.29, 0.717) is 11.6 Å². The molecule has 6 rings (SSSR count). The Labute approximate surface area is 214 Å². The number of anilines is 2. The van der Waals surface area contributed by atoms with E-state index in [4.69, 9.17) is 19.6 Å². The van der Waals surface area contributed by atoms with E-state index in [1.807, 2.05) is 16.7 Å². The summed E-state index contributed by atoms with van der Waals surface area (Å²) in [5.74, 6) is -0.854. The first-order chi connectivity index (χ1) is 18.1. The first-order valence-electron chi connectivity index (χ1n) is 12.0. The number of benzene rings is 1. The van der Waals surface area contributed by atoms with Crippen LogP contribution in [-0.4, -0.2) is 60.0 Å². The molecule has 0 bridgehead atoms. The smallest absolute Gasteiger partial charge is 0.475 e. The number of amides is 1. The molecule has 1 saturated carbocycles. The molecule has 2 aromatic heterocycles. The van der Waals surface area contributed by atoms with Crippen molar-refractivity contribution in [1.29, 1.82) is 0 Å². The molecule has 38 heavy (non-hydrogen) atoms. The molecule has 1 aromatic carbocycles. The van der Waals surface area contributed by atoms with E-state index >= 15 is 0 Å². The van der Waals surface area contributed by atoms with Gasteiger partial charge in [0.25, 0.3) is 5.91 Å². The topological polar surface area (TPSA) is 144 Å². The van der Waals surface area contributed by atoms with E-state index in [0.717, 1.165) is 66.9 Å². The van der Waals surface area contributed by atoms with Crippen LogP contribution in [0.2, 0.25) is 0 Å². The third kappa shape index (κ3) is 5.03. The van der Waals surface area contributed by atoms with E-state index in [9.17, 15) is 18.0 Å². The molecular weight excluding hydrogens is 507 g/mol. The van der Waals surface area contributed by atoms with Gasteiger partial charge in [0.2, 0.25) is 0 Å². The van der Waals surface area contributed by atoms with Crippen molar-refractivity contribution < 1.29 is 32.6 Å². The number of aromatic nitrogens is 5. The molecule has 2 fully saturated rings. The zero-order valence-electron chi connectivity index (χ0n) is 20.2. The molecule has 1 spiro atoms. The van der Waals surface area contributed by atoms with Gasteiger partial charge in [-0.1, -0.05) is 12.1 Å². The van der Waals surface area contributed by atoms with Gasteiger partial charge in [-0.25, -0.2) is 14.8 Å². The number of carboxylic acid groups (broad SMARTS) is 1. The lowest BCUT2D eigenvalue weighted by Crippen LogP contribution is -2.41. The molecule has 4 heterocycles. The van der Waals surface area contributed by atoms with Crippen LogP contribution in [-0.2, 0) is 14.3 Å². The van der Waals surface area contributed by atoms with E-state index in [2.05, 4.69) is 38.8 Å². The fourth-order valence-electron chi connectivity index (χ4n) is 4.38. The Morgan fingerprint density at radius 2 is 2.00 bits per heavy atom. The van der Waals surface area contributed by atoms with Crippen molar-refractivity contribution in [1.82, 2.24) is 24.7 Å². The van der Waals surface area contributed by atoms with Gasteiger partial charge in [-0.05, 0) is 50.7 Å². The van der Waals surface area contributed by atoms with Crippen LogP contribution in [0.25, 0.3) is 22.6 Å². The molecule has 1 amide bonds. The molecule has 0 radical (unpaired) electrons. The van der Waals surface area contributed by atoms with Gasteiger partial charge in [0, 0.05) is 17.7 Å². The quantitative estimate of drug-likeness (QED) is 0.458. The van der Waals surface area contributed by atoms with Gasteiger partial charge in [-0.3, -0.25) is 9.36 Å². The lowest BCUT2D eigenvalue weighted by molar-refractivity contribution is -0.192. The lowest BCUT2D eigenvalue weighted by Gasteiger charge is -2.25. The van der Waals surface area contributed by atoms with Crippen LogP contribution < -0.4 is 10.6 Å². The van der Waals surface area contributed by atoms with Gasteiger partial charge in [-0.15, -0.1) is 10.2 Å². The molecule has 2 aliphatic heterocycles. The number of hydrogen-bond acceptors (Lipinski definition) is 8. The number of aryl methyl sites for hydroxylation is 1. The minimum atomic E-state index is -5.08. The van der Waals surface area contributed by atoms with Crippen LogP contribution in [0.15, 0.2) is 30.7 Å². The fourth-order valence-corrected chi connectivity index (χ4v) is 4.38. The normalized spacial score (nSPS) is 19.5. The molecule has 1 saturated heterocycles. The summed E-state index contributed by atoms with van der Waals surface area (Å²) in [7, 11) is 0. The molecule has 3 aromatic rings. The molecule has 1 unspecified atom stereocenters. The summed E-state index contributed by atoms with van der Waals surface area (Å²) in [6.07, 6.45) is 3.21. The van der Waals surface area contributed by atoms with E-state index in [-0.39, 0.29) is 12.1 Å². The Kier molecular flexibility index (Phi) is 6.51. The molecule has 3 N–H and O–H groups in total. The van der Waals surface area contributed by atoms with E-state index in [1.54, 1.807) is 12.5 Å². The summed E-state index contributed by atoms with van der Waals surface area (Å²) in [4.78, 5) is 30.3. The molecule has 3 aliphatic rings. The first-order valence-corrected chi connectivity index (χ1v) is 12.0. The average Bonchev–Trinajstić information content (AvgIpc) is 3.48. The van der Waals surface area contributed by atoms with Gasteiger partial charge >= 0.3 is 12.1 Å². The number of hydrogen-bond donors (Lipinski definition) is 3. The van der Waals surface area contributed by atoms with Crippen LogP contribution in [0.1, 0.15) is 43.9 Å². The number of nitrogens with zero attached hydrogens (tertiary/aromatic N) is 5. The zero-order valence-corrected chi connectivity index (χ0v) is 20.2. The number of rotatable bonds is 3. The highest BCUT2D eigenvalue weighted by atomic mass is 19.4. The molecule has 1 aliphatic carbocycles. The summed E-state index contributed by atoms with van der Waals surface area (Å²) >= 11 is 0. The van der Waals surface area contributed by atoms with Crippen LogP contribution in [0.4, 0.5) is 24.8 Å². The number of aliphatic carboxylic acids is 1. The van der Waals surface area contributed by atoms with Crippen molar-refractivity contribution in [3.8, 4) is 22.6 Å². The second kappa shape index (κ2) is 9.67. The zero-order chi connectivity index (χ0) is 27.1. The second-order valence-electron chi connectivity index (χ2n) is 9.33. The van der Waals surface area contributed by atoms with Gasteiger partial charge in [0.05, 0.1) is 11.9 Å². The van der Waals surface area contributed by atoms with Crippen molar-refractivity contribution in [3.63, 3.8) is 0 Å². The number of carboxylic acids is 1. The van der Waals surface area contributed by atoms with Crippen LogP contribution in [0.5, 0.6) is 0 Å². The van der Waals surface area contributed by atoms with E-state index in [1.165, 1.54) is 0 Å². The highest BCUT2D eigenvalue weighted by molar-refractivity contribution is 6.06. The SMILES string of the molecule is Cc1cc(-c2nncn2C2CCCCO2)ccc1-c1cnc2c(n1)NC1(CC1)C(=O)N2.O=C(O)C(F)(F)F. The maximum Gasteiger partial charge on any atom is 0.490 e. The maximum atomic E-state index is 12.2. The molecule has 200 valence electrons. The average molecular weight is 531 g/mol. The van der Waals surface area contributed by atoms with Crippen molar-refractivity contribution in [2.24, 2.45) is 0 Å². The molecule has 11 nitrogen and oxygen atoms in total. The summed E-state index contributed by atoms with van der Waals surface area (Å²) < 4.78 is 39.7. The van der Waals surface area contributed by atoms with Crippen molar-refractivity contribution >= 4 is 23.5 Å². The van der Waals surface area contributed by atoms with Gasteiger partial charge < -0.3 is 20.5 Å². The predicted octanol–water partition coefficient (Wildman–Crippen LogP) is 3.94. The van der Waals surface area contributed by atoms with Crippen LogP contribution >= 0.6 is 0 Å². The Balaban J connectivity index is 0.000000374. The van der Waals surface area contributed by atoms with Crippen LogP contribution in [0.3, 0.4) is 0 Å². The Bertz CT molecular complexity index is 1380. The summed E-state index contributed by atoms with van der Waals surface area (Å²) in [5, 5.41) is 21.7. The fraction of sp³-hybridized carbons (Fsp3) is 0.417. The first kappa shape index (κ1) is 25.6. The standard InChI is InChI=1S/C22H23N7O2.C2HF3O2/c1-13-10-14(20-28-24-12-29(20)17-4-2-3-9-31-17)5-6-15(13)16-11-23-18-19(25-16)27-22(7-8-22)21(30)26-18;3-2(4,5)1(6)7/h5-6,10-12,17H,2-4,7-9H2,1H3,(H,25,27)(H,23,26,30);(H,6,7). The lowest BCUT2D eigenvalue weighted by atomic mass is 10.0. The highest BCUT2D eigenvalue weighted by Gasteiger charge is 2.53. The third-order valence-corrected chi connectivity index (χ3v) is 6.59. The molecule has 1 atom stereocenters. The second-order valence-corrected chi connectivity index (χ2v) is 9.33. The minimum absolute atomic E-state index is 0.0127. The van der Waals surface area contributed by atoms with Crippen LogP contribution in [0, 0.1) is 6.92 Å². The number of alkyl halides is 3. The summed E-state index contributed by atoms with van der Waals surface area (Å²) in [6.45, 7) is 2.82. The number of carbonyl (C=O) groups is 2. The number of halogens is 3. The van der Waals surface area contributed by atoms with Gasteiger partial charge in [-0.2, -0.15) is 13.2 Å². The van der Waals surface area contributed by atoms with Gasteiger partial charge in [0.1, 0.15) is 18.1 Å². The Hall–Kier alpha value is -4.07. The number of nitrogens with one attached hydrogen (secondary N) is 2. The summed E-state index contributed by atoms with van der Waals surface area (Å²) in [5.41, 5.74) is 3.31. The van der Waals surface area contributed by atoms with Crippen molar-refractivity contribution in [3.05, 3.63) is 36.3 Å². The van der Waals surface area contributed by atoms with Gasteiger partial charge in [0.15, 0.2) is 17.5 Å². The number of ether oxygens (including phenoxy) is 1. The molecular formula is C24H24F3N7O4. The third-order valence-electron chi connectivity index (χ3n) is 6.59. The monoisotopic (exact) mass is 531 g/mol. The minimum Gasteiger partial charge on any atom is -0.475 e. The Morgan fingerprint density at radius 3 is 2.63 bits per heavy atom. The maximum absolute atomic E-state index is 12.2. The van der Waals surface area contributed by atoms with Crippen molar-refractivity contribution in [2.45, 2.75) is 57.0 Å². The largest absolute Gasteiger partial charge is 0.490 e.